The maximum absolute atomic E-state index is 6.59. The van der Waals surface area contributed by atoms with E-state index >= 15 is 0 Å². The average molecular weight is 721 g/mol. The molecule has 0 amide bonds. The molecule has 3 saturated heterocycles. The first kappa shape index (κ1) is 34.4. The minimum absolute atomic E-state index is 0.278. The first-order valence-corrected chi connectivity index (χ1v) is 18.1. The zero-order chi connectivity index (χ0) is 34.5. The molecule has 0 radical (unpaired) electrons. The molecule has 11 nitrogen and oxygen atoms in total. The Labute approximate surface area is 303 Å². The van der Waals surface area contributed by atoms with E-state index in [1.165, 1.54) is 17.7 Å². The Kier molecular flexibility index (Phi) is 10.6. The zero-order valence-electron chi connectivity index (χ0n) is 28.5. The summed E-state index contributed by atoms with van der Waals surface area (Å²) in [5, 5.41) is 5.23. The van der Waals surface area contributed by atoms with Crippen LogP contribution < -0.4 is 14.5 Å². The van der Waals surface area contributed by atoms with Gasteiger partial charge in [-0.3, -0.25) is 0 Å². The first-order valence-electron chi connectivity index (χ1n) is 17.3. The van der Waals surface area contributed by atoms with Crippen molar-refractivity contribution >= 4 is 46.3 Å². The van der Waals surface area contributed by atoms with Crippen LogP contribution in [0.4, 0.5) is 17.1 Å². The number of ether oxygens (including phenoxy) is 4. The molecule has 4 heterocycles. The van der Waals surface area contributed by atoms with Crippen molar-refractivity contribution in [3.05, 3.63) is 95.0 Å². The largest absolute Gasteiger partial charge is 0.491 e. The van der Waals surface area contributed by atoms with E-state index in [1.54, 1.807) is 23.1 Å². The molecule has 264 valence electrons. The minimum atomic E-state index is -1.15. The number of halogens is 2. The summed E-state index contributed by atoms with van der Waals surface area (Å²) < 4.78 is 26.4. The van der Waals surface area contributed by atoms with Crippen molar-refractivity contribution in [3.8, 4) is 5.75 Å². The Hall–Kier alpha value is -4.03. The van der Waals surface area contributed by atoms with Crippen LogP contribution in [-0.2, 0) is 26.5 Å². The number of aliphatic imine (C=N–C) groups is 1. The number of aromatic nitrogens is 3. The van der Waals surface area contributed by atoms with Gasteiger partial charge in [0.25, 0.3) is 6.02 Å². The fourth-order valence-corrected chi connectivity index (χ4v) is 7.43. The van der Waals surface area contributed by atoms with E-state index in [0.29, 0.717) is 41.5 Å². The smallest absolute Gasteiger partial charge is 0.293 e. The average Bonchev–Trinajstić information content (AvgIpc) is 3.92. The highest BCUT2D eigenvalue weighted by Gasteiger charge is 2.45. The standard InChI is InChI=1S/C37H43Cl2N7O4/c1-3-29(4-2)46-19-20-47-36(46)42-28-6-8-30(9-7-28)43-15-17-44(18-16-43)31-10-12-32(13-11-31)48-22-33-23-49-37(50-33,24-45-26-40-25-41-45)34-14-5-27(38)21-35(34)39/h5-14,21,25-26,29,33H,3-4,15-20,22-24H2,1-2H3/b42-36+. The summed E-state index contributed by atoms with van der Waals surface area (Å²) in [5.41, 5.74) is 3.98. The number of benzene rings is 3. The van der Waals surface area contributed by atoms with Crippen LogP contribution >= 0.6 is 23.2 Å². The summed E-state index contributed by atoms with van der Waals surface area (Å²) in [6.45, 7) is 10.7. The van der Waals surface area contributed by atoms with Crippen LogP contribution in [0, 0.1) is 0 Å². The van der Waals surface area contributed by atoms with Crippen LogP contribution in [0.2, 0.25) is 10.0 Å². The van der Waals surface area contributed by atoms with Gasteiger partial charge in [0.2, 0.25) is 5.79 Å². The van der Waals surface area contributed by atoms with Crippen LogP contribution in [-0.4, -0.2) is 90.4 Å². The van der Waals surface area contributed by atoms with E-state index in [2.05, 4.69) is 75.0 Å². The predicted octanol–water partition coefficient (Wildman–Crippen LogP) is 6.77. The zero-order valence-corrected chi connectivity index (χ0v) is 30.0. The molecule has 50 heavy (non-hydrogen) atoms. The third-order valence-corrected chi connectivity index (χ3v) is 10.1. The van der Waals surface area contributed by atoms with E-state index in [1.807, 2.05) is 18.2 Å². The monoisotopic (exact) mass is 719 g/mol. The van der Waals surface area contributed by atoms with Crippen LogP contribution in [0.5, 0.6) is 5.75 Å². The quantitative estimate of drug-likeness (QED) is 0.157. The minimum Gasteiger partial charge on any atom is -0.491 e. The predicted molar refractivity (Wildman–Crippen MR) is 196 cm³/mol. The lowest BCUT2D eigenvalue weighted by molar-refractivity contribution is -0.190. The number of piperazine rings is 1. The number of rotatable bonds is 12. The molecule has 7 rings (SSSR count). The Morgan fingerprint density at radius 3 is 2.26 bits per heavy atom. The molecule has 2 atom stereocenters. The van der Waals surface area contributed by atoms with Gasteiger partial charge < -0.3 is 33.6 Å². The second kappa shape index (κ2) is 15.5. The molecule has 0 spiro atoms. The van der Waals surface area contributed by atoms with Crippen molar-refractivity contribution in [2.75, 3.05) is 62.3 Å². The van der Waals surface area contributed by atoms with Crippen molar-refractivity contribution in [1.29, 1.82) is 0 Å². The summed E-state index contributed by atoms with van der Waals surface area (Å²) in [7, 11) is 0. The highest BCUT2D eigenvalue weighted by atomic mass is 35.5. The van der Waals surface area contributed by atoms with Gasteiger partial charge >= 0.3 is 0 Å². The van der Waals surface area contributed by atoms with Crippen molar-refractivity contribution in [2.24, 2.45) is 4.99 Å². The molecule has 1 aromatic heterocycles. The van der Waals surface area contributed by atoms with Crippen molar-refractivity contribution in [3.63, 3.8) is 0 Å². The molecular weight excluding hydrogens is 677 g/mol. The van der Waals surface area contributed by atoms with Crippen molar-refractivity contribution in [2.45, 2.75) is 51.2 Å². The SMILES string of the molecule is CCC(CC)N1CCO/C1=N/c1ccc(N2CCN(c3ccc(OCC4COC(Cn5cncn5)(c5ccc(Cl)cc5Cl)O4)cc3)CC2)cc1. The van der Waals surface area contributed by atoms with Gasteiger partial charge in [-0.15, -0.1) is 0 Å². The summed E-state index contributed by atoms with van der Waals surface area (Å²) in [6, 6.07) is 23.3. The Morgan fingerprint density at radius 2 is 1.62 bits per heavy atom. The molecule has 13 heteroatoms. The number of hydrogen-bond donors (Lipinski definition) is 0. The van der Waals surface area contributed by atoms with Crippen LogP contribution in [0.1, 0.15) is 32.3 Å². The maximum atomic E-state index is 6.59. The second-order valence-corrected chi connectivity index (χ2v) is 13.6. The highest BCUT2D eigenvalue weighted by Crippen LogP contribution is 2.40. The number of hydrogen-bond acceptors (Lipinski definition) is 9. The molecule has 0 saturated carbocycles. The summed E-state index contributed by atoms with van der Waals surface area (Å²) in [5.74, 6) is -0.380. The lowest BCUT2D eigenvalue weighted by Gasteiger charge is -2.37. The summed E-state index contributed by atoms with van der Waals surface area (Å²) >= 11 is 12.8. The fourth-order valence-electron chi connectivity index (χ4n) is 6.87. The second-order valence-electron chi connectivity index (χ2n) is 12.7. The van der Waals surface area contributed by atoms with Gasteiger partial charge in [-0.2, -0.15) is 10.1 Å². The van der Waals surface area contributed by atoms with E-state index in [-0.39, 0.29) is 12.6 Å². The topological polar surface area (TPSA) is 89.7 Å². The lowest BCUT2D eigenvalue weighted by Crippen LogP contribution is -2.46. The molecule has 0 N–H and O–H groups in total. The first-order chi connectivity index (χ1) is 24.4. The molecule has 3 aliphatic rings. The maximum Gasteiger partial charge on any atom is 0.293 e. The number of amidine groups is 1. The van der Waals surface area contributed by atoms with E-state index in [9.17, 15) is 0 Å². The van der Waals surface area contributed by atoms with Crippen molar-refractivity contribution < 1.29 is 18.9 Å². The third-order valence-electron chi connectivity index (χ3n) is 9.59. The summed E-state index contributed by atoms with van der Waals surface area (Å²) in [4.78, 5) is 16.0. The molecule has 4 aromatic rings. The van der Waals surface area contributed by atoms with Gasteiger partial charge in [0.15, 0.2) is 0 Å². The van der Waals surface area contributed by atoms with E-state index in [4.69, 9.17) is 47.1 Å². The Balaban J connectivity index is 0.910. The van der Waals surface area contributed by atoms with Gasteiger partial charge in [-0.25, -0.2) is 9.67 Å². The normalized spacial score (nSPS) is 21.7. The van der Waals surface area contributed by atoms with Crippen LogP contribution in [0.15, 0.2) is 84.4 Å². The molecule has 3 aliphatic heterocycles. The van der Waals surface area contributed by atoms with Gasteiger partial charge in [-0.05, 0) is 73.5 Å². The van der Waals surface area contributed by atoms with Crippen molar-refractivity contribution in [1.82, 2.24) is 19.7 Å². The van der Waals surface area contributed by atoms with Gasteiger partial charge in [-0.1, -0.05) is 43.1 Å². The lowest BCUT2D eigenvalue weighted by atomic mass is 10.1. The molecular formula is C37H43Cl2N7O4. The van der Waals surface area contributed by atoms with E-state index < -0.39 is 5.79 Å². The molecule has 0 bridgehead atoms. The third kappa shape index (κ3) is 7.66. The summed E-state index contributed by atoms with van der Waals surface area (Å²) in [6.07, 6.45) is 4.94. The Bertz CT molecular complexity index is 1730. The fraction of sp³-hybridized carbons (Fsp3) is 0.432. The highest BCUT2D eigenvalue weighted by molar-refractivity contribution is 6.35. The van der Waals surface area contributed by atoms with Gasteiger partial charge in [0, 0.05) is 54.2 Å². The van der Waals surface area contributed by atoms with Gasteiger partial charge in [0.05, 0.1) is 23.9 Å². The van der Waals surface area contributed by atoms with Crippen LogP contribution in [0.25, 0.3) is 0 Å². The Morgan fingerprint density at radius 1 is 0.920 bits per heavy atom. The molecule has 0 aliphatic carbocycles. The number of anilines is 2. The van der Waals surface area contributed by atoms with Crippen LogP contribution in [0.3, 0.4) is 0 Å². The molecule has 3 aromatic carbocycles. The van der Waals surface area contributed by atoms with Gasteiger partial charge in [0.1, 0.15) is 44.3 Å². The molecule has 2 unspecified atom stereocenters. The number of nitrogens with zero attached hydrogens (tertiary/aromatic N) is 7. The van der Waals surface area contributed by atoms with E-state index in [0.717, 1.165) is 63.0 Å². The molecule has 3 fully saturated rings.